The molecule has 0 N–H and O–H groups in total. The van der Waals surface area contributed by atoms with Crippen molar-refractivity contribution in [1.29, 1.82) is 0 Å². The molecule has 4 heteroatoms. The predicted octanol–water partition coefficient (Wildman–Crippen LogP) is 4.14. The lowest BCUT2D eigenvalue weighted by atomic mass is 10.1. The fourth-order valence-corrected chi connectivity index (χ4v) is 2.82. The van der Waals surface area contributed by atoms with E-state index in [1.807, 2.05) is 24.1 Å². The average molecular weight is 276 g/mol. The van der Waals surface area contributed by atoms with E-state index in [4.69, 9.17) is 11.6 Å². The van der Waals surface area contributed by atoms with Crippen molar-refractivity contribution < 1.29 is 4.39 Å². The van der Waals surface area contributed by atoms with Gasteiger partial charge in [-0.3, -0.25) is 0 Å². The summed E-state index contributed by atoms with van der Waals surface area (Å²) in [6, 6.07) is 5.58. The number of halogens is 2. The van der Waals surface area contributed by atoms with Crippen LogP contribution in [0.5, 0.6) is 0 Å². The molecule has 0 aliphatic carbocycles. The Bertz CT molecular complexity index is 359. The molecule has 0 heterocycles. The fourth-order valence-electron chi connectivity index (χ4n) is 1.81. The fraction of sp³-hybridized carbons (Fsp3) is 0.538. The first-order valence-electron chi connectivity index (χ1n) is 5.70. The van der Waals surface area contributed by atoms with E-state index in [9.17, 15) is 4.39 Å². The number of anilines is 1. The van der Waals surface area contributed by atoms with Crippen LogP contribution in [0.3, 0.4) is 0 Å². The Morgan fingerprint density at radius 2 is 2.18 bits per heavy atom. The smallest absolute Gasteiger partial charge is 0.146 e. The molecule has 0 bridgehead atoms. The number of alkyl halides is 1. The van der Waals surface area contributed by atoms with Crippen LogP contribution in [-0.2, 0) is 5.88 Å². The molecule has 1 aromatic carbocycles. The van der Waals surface area contributed by atoms with Gasteiger partial charge in [0, 0.05) is 24.7 Å². The molecule has 1 rings (SSSR count). The third-order valence-electron chi connectivity index (χ3n) is 2.92. The number of thioether (sulfide) groups is 1. The standard InChI is InChI=1S/C13H19ClFNS/c1-4-11(9-17-3)16(2)13-6-5-10(8-14)7-12(13)15/h5-7,11H,4,8-9H2,1-3H3. The van der Waals surface area contributed by atoms with Gasteiger partial charge in [-0.05, 0) is 30.4 Å². The quantitative estimate of drug-likeness (QED) is 0.718. The van der Waals surface area contributed by atoms with E-state index in [-0.39, 0.29) is 5.82 Å². The van der Waals surface area contributed by atoms with E-state index in [2.05, 4.69) is 13.2 Å². The highest BCUT2D eigenvalue weighted by atomic mass is 35.5. The van der Waals surface area contributed by atoms with Crippen LogP contribution in [0.2, 0.25) is 0 Å². The first kappa shape index (κ1) is 14.7. The van der Waals surface area contributed by atoms with Gasteiger partial charge < -0.3 is 4.90 Å². The second kappa shape index (κ2) is 7.12. The second-order valence-corrected chi connectivity index (χ2v) is 5.23. The van der Waals surface area contributed by atoms with E-state index >= 15 is 0 Å². The molecule has 17 heavy (non-hydrogen) atoms. The van der Waals surface area contributed by atoms with Gasteiger partial charge in [0.1, 0.15) is 5.82 Å². The summed E-state index contributed by atoms with van der Waals surface area (Å²) in [4.78, 5) is 2.02. The van der Waals surface area contributed by atoms with Gasteiger partial charge in [0.2, 0.25) is 0 Å². The van der Waals surface area contributed by atoms with Crippen molar-refractivity contribution in [3.63, 3.8) is 0 Å². The van der Waals surface area contributed by atoms with E-state index in [0.29, 0.717) is 17.6 Å². The molecule has 0 fully saturated rings. The van der Waals surface area contributed by atoms with Crippen LogP contribution in [0.15, 0.2) is 18.2 Å². The van der Waals surface area contributed by atoms with Crippen LogP contribution in [0, 0.1) is 5.82 Å². The molecule has 1 aromatic rings. The maximum atomic E-state index is 13.9. The van der Waals surface area contributed by atoms with Crippen molar-refractivity contribution in [3.8, 4) is 0 Å². The third kappa shape index (κ3) is 3.78. The van der Waals surface area contributed by atoms with Crippen molar-refractivity contribution in [1.82, 2.24) is 0 Å². The van der Waals surface area contributed by atoms with Crippen molar-refractivity contribution in [2.75, 3.05) is 24.0 Å². The summed E-state index contributed by atoms with van der Waals surface area (Å²) in [5.41, 5.74) is 1.47. The van der Waals surface area contributed by atoms with Gasteiger partial charge in [-0.2, -0.15) is 11.8 Å². The molecule has 0 saturated heterocycles. The minimum atomic E-state index is -0.190. The minimum Gasteiger partial charge on any atom is -0.368 e. The molecular weight excluding hydrogens is 257 g/mol. The first-order chi connectivity index (χ1) is 8.13. The number of hydrogen-bond acceptors (Lipinski definition) is 2. The van der Waals surface area contributed by atoms with E-state index < -0.39 is 0 Å². The monoisotopic (exact) mass is 275 g/mol. The van der Waals surface area contributed by atoms with Crippen LogP contribution in [-0.4, -0.2) is 25.1 Å². The number of nitrogens with zero attached hydrogens (tertiary/aromatic N) is 1. The number of benzene rings is 1. The lowest BCUT2D eigenvalue weighted by Crippen LogP contribution is -2.33. The Hall–Kier alpha value is -0.410. The van der Waals surface area contributed by atoms with Crippen LogP contribution in [0.4, 0.5) is 10.1 Å². The lowest BCUT2D eigenvalue weighted by molar-refractivity contribution is 0.601. The Labute approximate surface area is 112 Å². The summed E-state index contributed by atoms with van der Waals surface area (Å²) >= 11 is 7.47. The Balaban J connectivity index is 2.90. The maximum Gasteiger partial charge on any atom is 0.146 e. The van der Waals surface area contributed by atoms with Crippen molar-refractivity contribution >= 4 is 29.1 Å². The van der Waals surface area contributed by atoms with E-state index in [0.717, 1.165) is 17.7 Å². The van der Waals surface area contributed by atoms with Gasteiger partial charge in [0.05, 0.1) is 5.69 Å². The minimum absolute atomic E-state index is 0.190. The summed E-state index contributed by atoms with van der Waals surface area (Å²) in [5, 5.41) is 0. The Morgan fingerprint density at radius 1 is 1.47 bits per heavy atom. The molecular formula is C13H19ClFNS. The Morgan fingerprint density at radius 3 is 2.65 bits per heavy atom. The molecule has 1 nitrogen and oxygen atoms in total. The highest BCUT2D eigenvalue weighted by Crippen LogP contribution is 2.24. The summed E-state index contributed by atoms with van der Waals surface area (Å²) < 4.78 is 13.9. The summed E-state index contributed by atoms with van der Waals surface area (Å²) in [6.45, 7) is 2.13. The maximum absolute atomic E-state index is 13.9. The molecule has 0 spiro atoms. The summed E-state index contributed by atoms with van der Waals surface area (Å²) in [5.74, 6) is 1.16. The highest BCUT2D eigenvalue weighted by molar-refractivity contribution is 7.98. The van der Waals surface area contributed by atoms with Gasteiger partial charge in [-0.25, -0.2) is 4.39 Å². The van der Waals surface area contributed by atoms with Crippen molar-refractivity contribution in [2.24, 2.45) is 0 Å². The van der Waals surface area contributed by atoms with Gasteiger partial charge in [0.15, 0.2) is 0 Å². The first-order valence-corrected chi connectivity index (χ1v) is 7.63. The van der Waals surface area contributed by atoms with E-state index in [1.165, 1.54) is 6.07 Å². The molecule has 0 aromatic heterocycles. The van der Waals surface area contributed by atoms with Gasteiger partial charge in [-0.15, -0.1) is 11.6 Å². The average Bonchev–Trinajstić information content (AvgIpc) is 2.35. The SMILES string of the molecule is CCC(CSC)N(C)c1ccc(CCl)cc1F. The van der Waals surface area contributed by atoms with E-state index in [1.54, 1.807) is 11.8 Å². The molecule has 96 valence electrons. The largest absolute Gasteiger partial charge is 0.368 e. The van der Waals surface area contributed by atoms with Crippen molar-refractivity contribution in [2.45, 2.75) is 25.3 Å². The molecule has 0 amide bonds. The topological polar surface area (TPSA) is 3.24 Å². The van der Waals surface area contributed by atoms with Gasteiger partial charge >= 0.3 is 0 Å². The normalized spacial score (nSPS) is 12.5. The second-order valence-electron chi connectivity index (χ2n) is 4.05. The third-order valence-corrected chi connectivity index (χ3v) is 3.95. The number of rotatable bonds is 6. The summed E-state index contributed by atoms with van der Waals surface area (Å²) in [6.07, 6.45) is 3.08. The highest BCUT2D eigenvalue weighted by Gasteiger charge is 2.16. The van der Waals surface area contributed by atoms with Crippen LogP contribution in [0.1, 0.15) is 18.9 Å². The predicted molar refractivity (Wildman–Crippen MR) is 76.8 cm³/mol. The summed E-state index contributed by atoms with van der Waals surface area (Å²) in [7, 11) is 1.95. The zero-order valence-electron chi connectivity index (χ0n) is 10.5. The molecule has 0 aliphatic heterocycles. The van der Waals surface area contributed by atoms with Crippen LogP contribution in [0.25, 0.3) is 0 Å². The lowest BCUT2D eigenvalue weighted by Gasteiger charge is -2.29. The van der Waals surface area contributed by atoms with Crippen molar-refractivity contribution in [3.05, 3.63) is 29.6 Å². The van der Waals surface area contributed by atoms with Crippen LogP contribution < -0.4 is 4.90 Å². The number of hydrogen-bond donors (Lipinski definition) is 0. The molecule has 0 radical (unpaired) electrons. The molecule has 0 saturated carbocycles. The molecule has 1 atom stereocenters. The van der Waals surface area contributed by atoms with Crippen LogP contribution >= 0.6 is 23.4 Å². The molecule has 1 unspecified atom stereocenters. The van der Waals surface area contributed by atoms with Gasteiger partial charge in [-0.1, -0.05) is 13.0 Å². The van der Waals surface area contributed by atoms with Gasteiger partial charge in [0.25, 0.3) is 0 Å². The zero-order chi connectivity index (χ0) is 12.8. The Kier molecular flexibility index (Phi) is 6.14. The molecule has 0 aliphatic rings. The zero-order valence-corrected chi connectivity index (χ0v) is 12.1.